The second kappa shape index (κ2) is 5.54. The van der Waals surface area contributed by atoms with Crippen molar-refractivity contribution >= 4 is 16.8 Å². The topological polar surface area (TPSA) is 44.9 Å². The maximum atomic E-state index is 11.9. The van der Waals surface area contributed by atoms with E-state index in [4.69, 9.17) is 0 Å². The van der Waals surface area contributed by atoms with Crippen LogP contribution in [0, 0.1) is 0 Å². The average molecular weight is 242 g/mol. The summed E-state index contributed by atoms with van der Waals surface area (Å²) in [5.74, 6) is 0.0501. The van der Waals surface area contributed by atoms with Crippen LogP contribution in [-0.4, -0.2) is 16.9 Å². The molecule has 0 bridgehead atoms. The summed E-state index contributed by atoms with van der Waals surface area (Å²) in [7, 11) is 0. The number of H-pyrrole nitrogens is 1. The Morgan fingerprint density at radius 2 is 2.28 bits per heavy atom. The molecular weight excluding hydrogens is 224 g/mol. The number of benzene rings is 1. The quantitative estimate of drug-likeness (QED) is 0.778. The smallest absolute Gasteiger partial charge is 0.224 e. The van der Waals surface area contributed by atoms with Gasteiger partial charge in [0, 0.05) is 23.1 Å². The molecule has 0 saturated heterocycles. The van der Waals surface area contributed by atoms with E-state index >= 15 is 0 Å². The molecule has 0 aliphatic rings. The molecule has 2 aromatic rings. The SMILES string of the molecule is C=CCC(C)NC(=O)Cc1c[nH]c2ccccc12. The van der Waals surface area contributed by atoms with E-state index in [1.807, 2.05) is 43.5 Å². The average Bonchev–Trinajstić information content (AvgIpc) is 2.73. The maximum Gasteiger partial charge on any atom is 0.224 e. The highest BCUT2D eigenvalue weighted by Gasteiger charge is 2.10. The van der Waals surface area contributed by atoms with E-state index in [9.17, 15) is 4.79 Å². The van der Waals surface area contributed by atoms with E-state index < -0.39 is 0 Å². The van der Waals surface area contributed by atoms with Gasteiger partial charge in [-0.1, -0.05) is 24.3 Å². The lowest BCUT2D eigenvalue weighted by Crippen LogP contribution is -2.33. The summed E-state index contributed by atoms with van der Waals surface area (Å²) in [6.07, 6.45) is 4.92. The van der Waals surface area contributed by atoms with Crippen molar-refractivity contribution < 1.29 is 4.79 Å². The third-order valence-corrected chi connectivity index (χ3v) is 2.95. The molecule has 0 radical (unpaired) electrons. The van der Waals surface area contributed by atoms with Gasteiger partial charge >= 0.3 is 0 Å². The molecule has 0 fully saturated rings. The number of fused-ring (bicyclic) bond motifs is 1. The fourth-order valence-corrected chi connectivity index (χ4v) is 2.09. The highest BCUT2D eigenvalue weighted by atomic mass is 16.1. The molecule has 1 amide bonds. The van der Waals surface area contributed by atoms with Gasteiger partial charge in [0.1, 0.15) is 0 Å². The summed E-state index contributed by atoms with van der Waals surface area (Å²) in [4.78, 5) is 15.1. The minimum Gasteiger partial charge on any atom is -0.361 e. The lowest BCUT2D eigenvalue weighted by atomic mass is 10.1. The van der Waals surface area contributed by atoms with Gasteiger partial charge < -0.3 is 10.3 Å². The molecule has 1 aromatic heterocycles. The molecule has 0 spiro atoms. The number of hydrogen-bond acceptors (Lipinski definition) is 1. The zero-order valence-corrected chi connectivity index (χ0v) is 10.6. The van der Waals surface area contributed by atoms with Crippen LogP contribution in [0.25, 0.3) is 10.9 Å². The summed E-state index contributed by atoms with van der Waals surface area (Å²) in [5, 5.41) is 4.07. The second-order valence-electron chi connectivity index (χ2n) is 4.53. The zero-order chi connectivity index (χ0) is 13.0. The molecule has 3 heteroatoms. The number of nitrogens with one attached hydrogen (secondary N) is 2. The van der Waals surface area contributed by atoms with Gasteiger partial charge in [-0.2, -0.15) is 0 Å². The Morgan fingerprint density at radius 3 is 3.06 bits per heavy atom. The highest BCUT2D eigenvalue weighted by Crippen LogP contribution is 2.17. The van der Waals surface area contributed by atoms with Gasteiger partial charge in [-0.25, -0.2) is 0 Å². The largest absolute Gasteiger partial charge is 0.361 e. The van der Waals surface area contributed by atoms with E-state index in [1.54, 1.807) is 0 Å². The maximum absolute atomic E-state index is 11.9. The number of aromatic nitrogens is 1. The molecule has 1 aromatic carbocycles. The minimum absolute atomic E-state index is 0.0501. The Labute approximate surface area is 107 Å². The molecule has 2 rings (SSSR count). The molecule has 1 unspecified atom stereocenters. The Bertz CT molecular complexity index is 556. The highest BCUT2D eigenvalue weighted by molar-refractivity contribution is 5.88. The van der Waals surface area contributed by atoms with E-state index in [0.29, 0.717) is 6.42 Å². The molecule has 1 heterocycles. The van der Waals surface area contributed by atoms with Crippen LogP contribution < -0.4 is 5.32 Å². The molecule has 0 aliphatic heterocycles. The van der Waals surface area contributed by atoms with Gasteiger partial charge in [-0.05, 0) is 25.0 Å². The molecule has 3 nitrogen and oxygen atoms in total. The van der Waals surface area contributed by atoms with E-state index in [1.165, 1.54) is 0 Å². The Hall–Kier alpha value is -2.03. The van der Waals surface area contributed by atoms with Gasteiger partial charge in [0.15, 0.2) is 0 Å². The van der Waals surface area contributed by atoms with Crippen LogP contribution >= 0.6 is 0 Å². The molecule has 94 valence electrons. The lowest BCUT2D eigenvalue weighted by molar-refractivity contribution is -0.121. The number of rotatable bonds is 5. The summed E-state index contributed by atoms with van der Waals surface area (Å²) < 4.78 is 0. The third-order valence-electron chi connectivity index (χ3n) is 2.95. The van der Waals surface area contributed by atoms with Crippen molar-refractivity contribution in [1.82, 2.24) is 10.3 Å². The molecular formula is C15H18N2O. The van der Waals surface area contributed by atoms with Crippen LogP contribution in [0.5, 0.6) is 0 Å². The third kappa shape index (κ3) is 2.80. The Balaban J connectivity index is 2.05. The summed E-state index contributed by atoms with van der Waals surface area (Å²) in [6.45, 7) is 5.65. The first kappa shape index (κ1) is 12.4. The summed E-state index contributed by atoms with van der Waals surface area (Å²) in [5.41, 5.74) is 2.10. The molecule has 0 saturated carbocycles. The molecule has 2 N–H and O–H groups in total. The predicted octanol–water partition coefficient (Wildman–Crippen LogP) is 2.79. The molecule has 1 atom stereocenters. The normalized spacial score (nSPS) is 12.3. The van der Waals surface area contributed by atoms with E-state index in [-0.39, 0.29) is 11.9 Å². The van der Waals surface area contributed by atoms with Crippen molar-refractivity contribution in [3.63, 3.8) is 0 Å². The predicted molar refractivity (Wildman–Crippen MR) is 74.4 cm³/mol. The van der Waals surface area contributed by atoms with Crippen molar-refractivity contribution in [2.24, 2.45) is 0 Å². The minimum atomic E-state index is 0.0501. The van der Waals surface area contributed by atoms with E-state index in [0.717, 1.165) is 22.9 Å². The zero-order valence-electron chi connectivity index (χ0n) is 10.6. The van der Waals surface area contributed by atoms with Crippen molar-refractivity contribution in [1.29, 1.82) is 0 Å². The van der Waals surface area contributed by atoms with Crippen molar-refractivity contribution in [3.8, 4) is 0 Å². The van der Waals surface area contributed by atoms with Crippen molar-refractivity contribution in [3.05, 3.63) is 48.7 Å². The van der Waals surface area contributed by atoms with Crippen molar-refractivity contribution in [2.45, 2.75) is 25.8 Å². The monoisotopic (exact) mass is 242 g/mol. The number of hydrogen-bond donors (Lipinski definition) is 2. The van der Waals surface area contributed by atoms with Crippen LogP contribution in [0.2, 0.25) is 0 Å². The van der Waals surface area contributed by atoms with Crippen LogP contribution in [0.1, 0.15) is 18.9 Å². The van der Waals surface area contributed by atoms with Gasteiger partial charge in [-0.15, -0.1) is 6.58 Å². The van der Waals surface area contributed by atoms with Gasteiger partial charge in [0.05, 0.1) is 6.42 Å². The fraction of sp³-hybridized carbons (Fsp3) is 0.267. The van der Waals surface area contributed by atoms with Crippen LogP contribution in [0.3, 0.4) is 0 Å². The molecule has 0 aliphatic carbocycles. The van der Waals surface area contributed by atoms with Crippen molar-refractivity contribution in [2.75, 3.05) is 0 Å². The molecule has 18 heavy (non-hydrogen) atoms. The van der Waals surface area contributed by atoms with E-state index in [2.05, 4.69) is 16.9 Å². The van der Waals surface area contributed by atoms with Gasteiger partial charge in [0.2, 0.25) is 5.91 Å². The number of amides is 1. The number of para-hydroxylation sites is 1. The second-order valence-corrected chi connectivity index (χ2v) is 4.53. The Morgan fingerprint density at radius 1 is 1.50 bits per heavy atom. The Kier molecular flexibility index (Phi) is 3.82. The fourth-order valence-electron chi connectivity index (χ4n) is 2.09. The standard InChI is InChI=1S/C15H18N2O/c1-3-6-11(2)17-15(18)9-12-10-16-14-8-5-4-7-13(12)14/h3-5,7-8,10-11,16H,1,6,9H2,2H3,(H,17,18). The number of carbonyl (C=O) groups excluding carboxylic acids is 1. The van der Waals surface area contributed by atoms with Gasteiger partial charge in [0.25, 0.3) is 0 Å². The van der Waals surface area contributed by atoms with Crippen LogP contribution in [0.4, 0.5) is 0 Å². The number of carbonyl (C=O) groups is 1. The van der Waals surface area contributed by atoms with Crippen LogP contribution in [-0.2, 0) is 11.2 Å². The lowest BCUT2D eigenvalue weighted by Gasteiger charge is -2.11. The summed E-state index contributed by atoms with van der Waals surface area (Å²) in [6, 6.07) is 8.14. The van der Waals surface area contributed by atoms with Gasteiger partial charge in [-0.3, -0.25) is 4.79 Å². The first-order valence-electron chi connectivity index (χ1n) is 6.16. The summed E-state index contributed by atoms with van der Waals surface area (Å²) >= 11 is 0. The van der Waals surface area contributed by atoms with Crippen LogP contribution in [0.15, 0.2) is 43.1 Å². The first-order valence-corrected chi connectivity index (χ1v) is 6.16. The first-order chi connectivity index (χ1) is 8.70. The number of aromatic amines is 1.